The molecular formula is C16H26O14. The van der Waals surface area contributed by atoms with Crippen molar-refractivity contribution in [2.24, 2.45) is 0 Å². The lowest BCUT2D eigenvalue weighted by molar-refractivity contribution is -0.332. The molecule has 2 unspecified atom stereocenters. The number of aliphatic hydroxyl groups excluding tert-OH is 8. The van der Waals surface area contributed by atoms with E-state index in [2.05, 4.69) is 0 Å². The Morgan fingerprint density at radius 3 is 1.20 bits per heavy atom. The van der Waals surface area contributed by atoms with E-state index in [4.69, 9.17) is 19.7 Å². The molecule has 10 atom stereocenters. The van der Waals surface area contributed by atoms with E-state index < -0.39 is 98.0 Å². The summed E-state index contributed by atoms with van der Waals surface area (Å²) in [7, 11) is 0. The van der Waals surface area contributed by atoms with Crippen LogP contribution in [0, 0.1) is 0 Å². The van der Waals surface area contributed by atoms with Crippen molar-refractivity contribution < 1.29 is 70.1 Å². The summed E-state index contributed by atoms with van der Waals surface area (Å²) >= 11 is 0. The molecule has 0 bridgehead atoms. The molecule has 0 aromatic carbocycles. The number of aliphatic hydroxyl groups is 10. The Hall–Kier alpha value is -1.14. The zero-order valence-electron chi connectivity index (χ0n) is 15.6. The molecule has 2 heterocycles. The highest BCUT2D eigenvalue weighted by atomic mass is 16.7. The quantitative estimate of drug-likeness (QED) is 0.176. The number of hydrogen-bond donors (Lipinski definition) is 10. The number of ketones is 2. The van der Waals surface area contributed by atoms with Gasteiger partial charge in [0.1, 0.15) is 48.8 Å². The second-order valence-corrected chi connectivity index (χ2v) is 7.27. The van der Waals surface area contributed by atoms with Gasteiger partial charge >= 0.3 is 0 Å². The summed E-state index contributed by atoms with van der Waals surface area (Å²) in [6, 6.07) is 0. The molecule has 14 nitrogen and oxygen atoms in total. The van der Waals surface area contributed by atoms with Crippen LogP contribution in [-0.2, 0) is 19.1 Å². The highest BCUT2D eigenvalue weighted by Gasteiger charge is 2.59. The lowest BCUT2D eigenvalue weighted by Gasteiger charge is -2.45. The van der Waals surface area contributed by atoms with E-state index in [1.54, 1.807) is 0 Å². The average Bonchev–Trinajstić information content (AvgIpc) is 2.73. The normalized spacial score (nSPS) is 47.1. The molecule has 0 radical (unpaired) electrons. The third-order valence-corrected chi connectivity index (χ3v) is 5.31. The van der Waals surface area contributed by atoms with E-state index in [9.17, 15) is 50.4 Å². The maximum Gasteiger partial charge on any atom is 0.256 e. The van der Waals surface area contributed by atoms with Crippen LogP contribution in [0.15, 0.2) is 0 Å². The van der Waals surface area contributed by atoms with Gasteiger partial charge in [-0.2, -0.15) is 0 Å². The van der Waals surface area contributed by atoms with E-state index >= 15 is 0 Å². The molecule has 0 aromatic rings. The van der Waals surface area contributed by atoms with Crippen LogP contribution >= 0.6 is 0 Å². The second-order valence-electron chi connectivity index (χ2n) is 7.27. The molecule has 0 aromatic heterocycles. The Labute approximate surface area is 169 Å². The fraction of sp³-hybridized carbons (Fsp3) is 0.875. The van der Waals surface area contributed by atoms with Crippen molar-refractivity contribution in [2.45, 2.75) is 73.2 Å². The summed E-state index contributed by atoms with van der Waals surface area (Å²) in [5.74, 6) is -8.96. The van der Waals surface area contributed by atoms with Gasteiger partial charge in [0.2, 0.25) is 0 Å². The minimum Gasteiger partial charge on any atom is -0.394 e. The van der Waals surface area contributed by atoms with Gasteiger partial charge in [-0.15, -0.1) is 0 Å². The first kappa shape index (κ1) is 25.1. The van der Waals surface area contributed by atoms with Crippen molar-refractivity contribution in [3.05, 3.63) is 0 Å². The molecule has 2 rings (SSSR count). The number of ether oxygens (including phenoxy) is 2. The van der Waals surface area contributed by atoms with Crippen LogP contribution in [0.5, 0.6) is 0 Å². The number of carbonyl (C=O) groups is 2. The molecule has 10 N–H and O–H groups in total. The monoisotopic (exact) mass is 442 g/mol. The molecule has 30 heavy (non-hydrogen) atoms. The summed E-state index contributed by atoms with van der Waals surface area (Å²) in [5, 5.41) is 97.6. The Kier molecular flexibility index (Phi) is 7.67. The van der Waals surface area contributed by atoms with Crippen LogP contribution in [-0.4, -0.2) is 136 Å². The zero-order valence-corrected chi connectivity index (χ0v) is 15.6. The standard InChI is InChI=1S/C16H26O14/c17-3-5-9(21)11(23)13(25)15(27,29-5)7(19)1-2-8(20)16(28)14(26)12(24)10(22)6(4-18)30-16/h5-6,9-14,17-18,21-28H,1-4H2/t5-,6-,9-,10-,11+,12+,13-,14-,15?,16?/m1/s1. The third kappa shape index (κ3) is 4.14. The van der Waals surface area contributed by atoms with Crippen LogP contribution in [0.2, 0.25) is 0 Å². The first-order valence-electron chi connectivity index (χ1n) is 9.02. The number of Topliss-reactive ketones (excluding diaryl/α,β-unsaturated/α-hetero) is 2. The van der Waals surface area contributed by atoms with Crippen LogP contribution in [0.3, 0.4) is 0 Å². The summed E-state index contributed by atoms with van der Waals surface area (Å²) in [4.78, 5) is 24.8. The fourth-order valence-corrected chi connectivity index (χ4v) is 3.35. The van der Waals surface area contributed by atoms with E-state index in [1.165, 1.54) is 0 Å². The van der Waals surface area contributed by atoms with Gasteiger partial charge in [0.15, 0.2) is 11.6 Å². The van der Waals surface area contributed by atoms with Crippen molar-refractivity contribution in [3.8, 4) is 0 Å². The summed E-state index contributed by atoms with van der Waals surface area (Å²) in [5.41, 5.74) is 0. The van der Waals surface area contributed by atoms with Crippen molar-refractivity contribution in [1.29, 1.82) is 0 Å². The van der Waals surface area contributed by atoms with Crippen LogP contribution in [0.25, 0.3) is 0 Å². The van der Waals surface area contributed by atoms with Crippen LogP contribution in [0.1, 0.15) is 12.8 Å². The Balaban J connectivity index is 2.12. The Morgan fingerprint density at radius 2 is 0.933 bits per heavy atom. The first-order valence-corrected chi connectivity index (χ1v) is 9.02. The second kappa shape index (κ2) is 9.15. The van der Waals surface area contributed by atoms with Gasteiger partial charge in [0.05, 0.1) is 13.2 Å². The molecule has 0 amide bonds. The van der Waals surface area contributed by atoms with E-state index in [0.717, 1.165) is 0 Å². The molecule has 2 fully saturated rings. The highest BCUT2D eigenvalue weighted by Crippen LogP contribution is 2.33. The maximum atomic E-state index is 12.4. The average molecular weight is 442 g/mol. The first-order chi connectivity index (χ1) is 13.8. The van der Waals surface area contributed by atoms with E-state index in [1.807, 2.05) is 0 Å². The molecule has 14 heteroatoms. The maximum absolute atomic E-state index is 12.4. The van der Waals surface area contributed by atoms with Gasteiger partial charge in [0.25, 0.3) is 11.6 Å². The van der Waals surface area contributed by atoms with Gasteiger partial charge in [-0.25, -0.2) is 0 Å². The van der Waals surface area contributed by atoms with Crippen molar-refractivity contribution in [1.82, 2.24) is 0 Å². The lowest BCUT2D eigenvalue weighted by Crippen LogP contribution is -2.69. The van der Waals surface area contributed by atoms with Gasteiger partial charge in [-0.1, -0.05) is 0 Å². The minimum absolute atomic E-state index is 0.929. The molecule has 0 aliphatic carbocycles. The van der Waals surface area contributed by atoms with Gasteiger partial charge < -0.3 is 60.5 Å². The predicted octanol–water partition coefficient (Wildman–Crippen LogP) is -6.77. The van der Waals surface area contributed by atoms with Crippen molar-refractivity contribution in [2.75, 3.05) is 13.2 Å². The number of rotatable bonds is 7. The topological polar surface area (TPSA) is 255 Å². The predicted molar refractivity (Wildman–Crippen MR) is 89.1 cm³/mol. The van der Waals surface area contributed by atoms with Gasteiger partial charge in [-0.3, -0.25) is 9.59 Å². The number of carbonyl (C=O) groups excluding carboxylic acids is 2. The Morgan fingerprint density at radius 1 is 0.633 bits per heavy atom. The van der Waals surface area contributed by atoms with Crippen molar-refractivity contribution in [3.63, 3.8) is 0 Å². The van der Waals surface area contributed by atoms with Crippen molar-refractivity contribution >= 4 is 11.6 Å². The molecular weight excluding hydrogens is 416 g/mol. The lowest BCUT2D eigenvalue weighted by atomic mass is 9.86. The molecule has 0 saturated carbocycles. The summed E-state index contributed by atoms with van der Waals surface area (Å²) in [6.07, 6.45) is -17.6. The van der Waals surface area contributed by atoms with Crippen LogP contribution < -0.4 is 0 Å². The molecule has 2 aliphatic rings. The third-order valence-electron chi connectivity index (χ3n) is 5.31. The Bertz CT molecular complexity index is 585. The smallest absolute Gasteiger partial charge is 0.256 e. The van der Waals surface area contributed by atoms with Crippen LogP contribution in [0.4, 0.5) is 0 Å². The zero-order chi connectivity index (χ0) is 23.0. The van der Waals surface area contributed by atoms with E-state index in [0.29, 0.717) is 0 Å². The largest absolute Gasteiger partial charge is 0.394 e. The van der Waals surface area contributed by atoms with Gasteiger partial charge in [-0.05, 0) is 0 Å². The highest BCUT2D eigenvalue weighted by molar-refractivity contribution is 5.93. The molecule has 174 valence electrons. The molecule has 0 spiro atoms. The summed E-state index contributed by atoms with van der Waals surface area (Å²) in [6.45, 7) is -1.86. The number of hydrogen-bond acceptors (Lipinski definition) is 14. The fourth-order valence-electron chi connectivity index (χ4n) is 3.35. The SMILES string of the molecule is O=C(CCC(=O)C1(O)O[C@H](CO)[C@@H](O)[C@H](O)[C@H]1O)C1(O)O[C@H](CO)[C@@H](O)[C@H](O)[C@H]1O. The molecule has 2 aliphatic heterocycles. The molecule has 2 saturated heterocycles. The van der Waals surface area contributed by atoms with E-state index in [-0.39, 0.29) is 0 Å². The summed E-state index contributed by atoms with van der Waals surface area (Å²) < 4.78 is 9.61. The van der Waals surface area contributed by atoms with Gasteiger partial charge in [0, 0.05) is 12.8 Å². The minimum atomic E-state index is -3.11.